The summed E-state index contributed by atoms with van der Waals surface area (Å²) < 4.78 is 1.81. The van der Waals surface area contributed by atoms with E-state index in [0.717, 1.165) is 73.9 Å². The first-order valence-electron chi connectivity index (χ1n) is 16.1. The summed E-state index contributed by atoms with van der Waals surface area (Å²) in [5.41, 5.74) is 8.07. The third kappa shape index (κ3) is 6.53. The molecule has 2 aromatic carbocycles. The Balaban J connectivity index is 0.00000235. The van der Waals surface area contributed by atoms with Crippen molar-refractivity contribution in [1.29, 1.82) is 0 Å². The molecule has 0 radical (unpaired) electrons. The Morgan fingerprint density at radius 2 is 1.74 bits per heavy atom. The van der Waals surface area contributed by atoms with Crippen molar-refractivity contribution in [3.8, 4) is 11.1 Å². The normalized spacial score (nSPS) is 15.3. The fraction of sp³-hybridized carbons (Fsp3) is 0.417. The largest absolute Gasteiger partial charge is 0.321 e. The highest BCUT2D eigenvalue weighted by atomic mass is 32.1. The lowest BCUT2D eigenvalue weighted by atomic mass is 9.96. The van der Waals surface area contributed by atoms with Gasteiger partial charge in [0.05, 0.1) is 23.3 Å². The number of aryl methyl sites for hydroxylation is 2. The molecule has 0 amide bonds. The third-order valence-electron chi connectivity index (χ3n) is 8.77. The summed E-state index contributed by atoms with van der Waals surface area (Å²) in [5, 5.41) is 16.1. The van der Waals surface area contributed by atoms with Gasteiger partial charge in [0, 0.05) is 27.3 Å². The van der Waals surface area contributed by atoms with Crippen LogP contribution in [-0.2, 0) is 30.5 Å². The molecule has 0 atom stereocenters. The lowest BCUT2D eigenvalue weighted by Gasteiger charge is -2.35. The number of amidine groups is 1. The van der Waals surface area contributed by atoms with Crippen LogP contribution in [0, 0.1) is 6.92 Å². The summed E-state index contributed by atoms with van der Waals surface area (Å²) in [5.74, 6) is 12.3. The number of hydroxylamine groups is 2. The van der Waals surface area contributed by atoms with Crippen molar-refractivity contribution in [2.45, 2.75) is 98.7 Å². The molecule has 246 valence electrons. The SMILES string of the molecule is CC.CCCCc1nc(C)n(Cc2cc3c(s2)C(C)(C)N(O)C3(C)C)c(=O)c1Cc1ccc(-c2ccccc2/C(=N/N)NN)cc1. The minimum Gasteiger partial charge on any atom is -0.321 e. The van der Waals surface area contributed by atoms with E-state index in [1.807, 2.05) is 84.9 Å². The molecule has 1 aliphatic heterocycles. The first-order chi connectivity index (χ1) is 21.9. The summed E-state index contributed by atoms with van der Waals surface area (Å²) in [7, 11) is 0. The molecular formula is C36H49N7O2S. The van der Waals surface area contributed by atoms with E-state index in [9.17, 15) is 10.0 Å². The standard InChI is InChI=1S/C34H43N7O2S.C2H6/c1-7-8-13-29-27(18-22-14-16-23(17-15-22)25-11-9-10-12-26(25)31(38-35)39-36)32(42)40(21(2)37-29)20-24-19-28-30(44-24)34(5,6)41(43)33(28,3)4;1-2/h9-12,14-17,19,43H,7-8,13,18,20,35-36H2,1-6H3,(H,38,39);1-2H3. The fourth-order valence-corrected chi connectivity index (χ4v) is 7.68. The van der Waals surface area contributed by atoms with Crippen molar-refractivity contribution in [2.75, 3.05) is 0 Å². The van der Waals surface area contributed by atoms with Crippen molar-refractivity contribution < 1.29 is 5.21 Å². The van der Waals surface area contributed by atoms with Crippen molar-refractivity contribution in [3.63, 3.8) is 0 Å². The second-order valence-electron chi connectivity index (χ2n) is 12.5. The maximum atomic E-state index is 14.2. The van der Waals surface area contributed by atoms with Gasteiger partial charge in [-0.25, -0.2) is 10.8 Å². The Bertz CT molecular complexity index is 1720. The number of aromatic nitrogens is 2. The van der Waals surface area contributed by atoms with Crippen molar-refractivity contribution in [1.82, 2.24) is 20.0 Å². The monoisotopic (exact) mass is 643 g/mol. The van der Waals surface area contributed by atoms with Crippen molar-refractivity contribution >= 4 is 17.2 Å². The Kier molecular flexibility index (Phi) is 10.9. The number of rotatable bonds is 9. The zero-order chi connectivity index (χ0) is 33.8. The summed E-state index contributed by atoms with van der Waals surface area (Å²) in [6, 6.07) is 18.1. The number of unbranched alkanes of at least 4 members (excludes halogenated alkanes) is 1. The van der Waals surface area contributed by atoms with Crippen LogP contribution in [0.3, 0.4) is 0 Å². The molecule has 0 bridgehead atoms. The molecule has 3 heterocycles. The van der Waals surface area contributed by atoms with E-state index in [-0.39, 0.29) is 5.56 Å². The molecule has 6 N–H and O–H groups in total. The topological polar surface area (TPSA) is 135 Å². The minimum absolute atomic E-state index is 0.00621. The lowest BCUT2D eigenvalue weighted by Crippen LogP contribution is -2.42. The van der Waals surface area contributed by atoms with Crippen LogP contribution in [0.5, 0.6) is 0 Å². The van der Waals surface area contributed by atoms with E-state index in [4.69, 9.17) is 16.7 Å². The highest BCUT2D eigenvalue weighted by Gasteiger charge is 2.50. The summed E-state index contributed by atoms with van der Waals surface area (Å²) >= 11 is 1.66. The molecule has 0 unspecified atom stereocenters. The van der Waals surface area contributed by atoms with Crippen LogP contribution in [0.15, 0.2) is 64.5 Å². The highest BCUT2D eigenvalue weighted by Crippen LogP contribution is 2.51. The Hall–Kier alpha value is -3.83. The summed E-state index contributed by atoms with van der Waals surface area (Å²) in [4.78, 5) is 21.4. The van der Waals surface area contributed by atoms with Gasteiger partial charge in [-0.05, 0) is 75.8 Å². The predicted molar refractivity (Wildman–Crippen MR) is 189 cm³/mol. The van der Waals surface area contributed by atoms with Gasteiger partial charge in [0.2, 0.25) is 0 Å². The van der Waals surface area contributed by atoms with Crippen LogP contribution in [0.1, 0.15) is 105 Å². The average molecular weight is 644 g/mol. The van der Waals surface area contributed by atoms with E-state index in [1.54, 1.807) is 15.9 Å². The van der Waals surface area contributed by atoms with Crippen LogP contribution >= 0.6 is 11.3 Å². The van der Waals surface area contributed by atoms with Crippen LogP contribution in [0.25, 0.3) is 11.1 Å². The van der Waals surface area contributed by atoms with Gasteiger partial charge < -0.3 is 16.5 Å². The molecule has 9 nitrogen and oxygen atoms in total. The first-order valence-corrected chi connectivity index (χ1v) is 16.9. The van der Waals surface area contributed by atoms with Crippen LogP contribution in [0.2, 0.25) is 0 Å². The molecule has 10 heteroatoms. The predicted octanol–water partition coefficient (Wildman–Crippen LogP) is 6.55. The van der Waals surface area contributed by atoms with Gasteiger partial charge in [0.1, 0.15) is 5.82 Å². The number of hydrogen-bond acceptors (Lipinski definition) is 8. The Labute approximate surface area is 276 Å². The molecule has 4 aromatic rings. The third-order valence-corrected chi connectivity index (χ3v) is 10.2. The zero-order valence-electron chi connectivity index (χ0n) is 28.4. The number of hydrogen-bond donors (Lipinski definition) is 4. The van der Waals surface area contributed by atoms with E-state index in [1.165, 1.54) is 5.06 Å². The first kappa shape index (κ1) is 35.0. The molecule has 2 aromatic heterocycles. The Morgan fingerprint density at radius 3 is 2.35 bits per heavy atom. The molecule has 5 rings (SSSR count). The van der Waals surface area contributed by atoms with Crippen molar-refractivity contribution in [2.24, 2.45) is 16.8 Å². The smallest absolute Gasteiger partial charge is 0.257 e. The molecule has 0 aliphatic carbocycles. The highest BCUT2D eigenvalue weighted by molar-refractivity contribution is 7.12. The number of fused-ring (bicyclic) bond motifs is 1. The molecule has 1 aliphatic rings. The maximum Gasteiger partial charge on any atom is 0.257 e. The molecule has 46 heavy (non-hydrogen) atoms. The number of nitrogens with one attached hydrogen (secondary N) is 1. The van der Waals surface area contributed by atoms with E-state index >= 15 is 0 Å². The van der Waals surface area contributed by atoms with Crippen LogP contribution in [0.4, 0.5) is 0 Å². The van der Waals surface area contributed by atoms with Crippen LogP contribution in [-0.4, -0.2) is 25.7 Å². The number of nitrogens with zero attached hydrogens (tertiary/aromatic N) is 4. The number of benzene rings is 2. The van der Waals surface area contributed by atoms with E-state index < -0.39 is 11.1 Å². The van der Waals surface area contributed by atoms with Gasteiger partial charge in [-0.1, -0.05) is 75.7 Å². The van der Waals surface area contributed by atoms with Gasteiger partial charge in [-0.3, -0.25) is 9.36 Å². The van der Waals surface area contributed by atoms with Gasteiger partial charge in [0.15, 0.2) is 5.84 Å². The lowest BCUT2D eigenvalue weighted by molar-refractivity contribution is -0.215. The summed E-state index contributed by atoms with van der Waals surface area (Å²) in [6.45, 7) is 16.6. The van der Waals surface area contributed by atoms with Gasteiger partial charge in [0.25, 0.3) is 5.56 Å². The zero-order valence-corrected chi connectivity index (χ0v) is 29.3. The second-order valence-corrected chi connectivity index (χ2v) is 13.6. The molecule has 0 saturated carbocycles. The van der Waals surface area contributed by atoms with Gasteiger partial charge in [-0.2, -0.15) is 10.2 Å². The molecular weight excluding hydrogens is 595 g/mol. The maximum absolute atomic E-state index is 14.2. The van der Waals surface area contributed by atoms with Gasteiger partial charge in [-0.15, -0.1) is 11.3 Å². The number of nitrogens with two attached hydrogens (primary N) is 2. The fourth-order valence-electron chi connectivity index (χ4n) is 6.30. The van der Waals surface area contributed by atoms with E-state index in [0.29, 0.717) is 18.8 Å². The van der Waals surface area contributed by atoms with Crippen molar-refractivity contribution in [3.05, 3.63) is 108 Å². The quantitative estimate of drug-likeness (QED) is 0.0704. The Morgan fingerprint density at radius 1 is 1.07 bits per heavy atom. The van der Waals surface area contributed by atoms with E-state index in [2.05, 4.69) is 35.7 Å². The molecule has 0 saturated heterocycles. The average Bonchev–Trinajstić information content (AvgIpc) is 3.55. The summed E-state index contributed by atoms with van der Waals surface area (Å²) in [6.07, 6.45) is 3.26. The second kappa shape index (κ2) is 14.3. The molecule has 0 fully saturated rings. The number of hydrazine groups is 1. The van der Waals surface area contributed by atoms with Crippen LogP contribution < -0.4 is 22.7 Å². The van der Waals surface area contributed by atoms with Gasteiger partial charge >= 0.3 is 0 Å². The molecule has 0 spiro atoms. The number of hydrazone groups is 1. The number of thiophene rings is 1. The minimum atomic E-state index is -0.507.